The van der Waals surface area contributed by atoms with Crippen LogP contribution in [0.5, 0.6) is 0 Å². The van der Waals surface area contributed by atoms with Crippen LogP contribution in [0, 0.1) is 13.8 Å². The number of aryl methyl sites for hydroxylation is 2. The highest BCUT2D eigenvalue weighted by molar-refractivity contribution is 5.99. The largest absolute Gasteiger partial charge is 0.318 e. The number of hydrogen-bond donors (Lipinski definition) is 1. The van der Waals surface area contributed by atoms with Crippen molar-refractivity contribution in [1.82, 2.24) is 0 Å². The second kappa shape index (κ2) is 4.88. The molecule has 0 fully saturated rings. The van der Waals surface area contributed by atoms with E-state index >= 15 is 0 Å². The van der Waals surface area contributed by atoms with E-state index < -0.39 is 5.54 Å². The number of carbonyl (C=O) groups is 1. The third-order valence-electron chi connectivity index (χ3n) is 3.12. The SMILES string of the molecule is CCC(C)(N)C(=O)N(C)c1cc(C)cc(C)c1. The first-order valence-corrected chi connectivity index (χ1v) is 5.93. The van der Waals surface area contributed by atoms with Crippen LogP contribution in [0.4, 0.5) is 5.69 Å². The van der Waals surface area contributed by atoms with Crippen molar-refractivity contribution < 1.29 is 4.79 Å². The van der Waals surface area contributed by atoms with Gasteiger partial charge in [0, 0.05) is 12.7 Å². The number of rotatable bonds is 3. The van der Waals surface area contributed by atoms with Crippen LogP contribution in [0.1, 0.15) is 31.4 Å². The van der Waals surface area contributed by atoms with Crippen LogP contribution in [0.2, 0.25) is 0 Å². The zero-order valence-electron chi connectivity index (χ0n) is 11.4. The van der Waals surface area contributed by atoms with Crippen LogP contribution in [0.25, 0.3) is 0 Å². The molecule has 2 N–H and O–H groups in total. The molecule has 1 atom stereocenters. The molecule has 17 heavy (non-hydrogen) atoms. The Kier molecular flexibility index (Phi) is 3.94. The van der Waals surface area contributed by atoms with Gasteiger partial charge >= 0.3 is 0 Å². The van der Waals surface area contributed by atoms with E-state index in [0.29, 0.717) is 6.42 Å². The standard InChI is InChI=1S/C14H22N2O/c1-6-14(4,15)13(17)16(5)12-8-10(2)7-11(3)9-12/h7-9H,6,15H2,1-5H3. The third kappa shape index (κ3) is 3.07. The van der Waals surface area contributed by atoms with Crippen molar-refractivity contribution >= 4 is 11.6 Å². The molecule has 1 rings (SSSR count). The van der Waals surface area contributed by atoms with Crippen LogP contribution in [0.3, 0.4) is 0 Å². The van der Waals surface area contributed by atoms with E-state index in [2.05, 4.69) is 6.07 Å². The molecule has 1 unspecified atom stereocenters. The highest BCUT2D eigenvalue weighted by atomic mass is 16.2. The van der Waals surface area contributed by atoms with Gasteiger partial charge in [-0.15, -0.1) is 0 Å². The second-order valence-electron chi connectivity index (χ2n) is 4.98. The molecule has 0 saturated heterocycles. The van der Waals surface area contributed by atoms with E-state index in [1.807, 2.05) is 32.9 Å². The van der Waals surface area contributed by atoms with Crippen molar-refractivity contribution in [3.05, 3.63) is 29.3 Å². The fraction of sp³-hybridized carbons (Fsp3) is 0.500. The Balaban J connectivity index is 3.04. The summed E-state index contributed by atoms with van der Waals surface area (Å²) in [7, 11) is 1.78. The molecule has 1 aromatic rings. The molecule has 0 spiro atoms. The molecule has 1 aromatic carbocycles. The molecule has 1 amide bonds. The topological polar surface area (TPSA) is 46.3 Å². The van der Waals surface area contributed by atoms with Crippen LogP contribution >= 0.6 is 0 Å². The van der Waals surface area contributed by atoms with Crippen molar-refractivity contribution in [2.45, 2.75) is 39.7 Å². The van der Waals surface area contributed by atoms with Gasteiger partial charge in [0.25, 0.3) is 0 Å². The molecule has 3 nitrogen and oxygen atoms in total. The monoisotopic (exact) mass is 234 g/mol. The maximum atomic E-state index is 12.2. The number of nitrogens with two attached hydrogens (primary N) is 1. The zero-order chi connectivity index (χ0) is 13.2. The lowest BCUT2D eigenvalue weighted by atomic mass is 9.98. The van der Waals surface area contributed by atoms with Gasteiger partial charge in [0.15, 0.2) is 0 Å². The van der Waals surface area contributed by atoms with E-state index in [1.165, 1.54) is 0 Å². The van der Waals surface area contributed by atoms with Gasteiger partial charge < -0.3 is 10.6 Å². The van der Waals surface area contributed by atoms with Crippen molar-refractivity contribution in [3.63, 3.8) is 0 Å². The van der Waals surface area contributed by atoms with E-state index in [9.17, 15) is 4.79 Å². The lowest BCUT2D eigenvalue weighted by Crippen LogP contribution is -2.51. The number of carbonyl (C=O) groups excluding carboxylic acids is 1. The molecular formula is C14H22N2O. The predicted molar refractivity (Wildman–Crippen MR) is 72.2 cm³/mol. The molecule has 0 saturated carbocycles. The van der Waals surface area contributed by atoms with Gasteiger partial charge in [0.1, 0.15) is 0 Å². The maximum absolute atomic E-state index is 12.2. The number of benzene rings is 1. The van der Waals surface area contributed by atoms with Gasteiger partial charge in [-0.25, -0.2) is 0 Å². The molecule has 0 aliphatic heterocycles. The predicted octanol–water partition coefficient (Wildman–Crippen LogP) is 2.39. The molecule has 0 aliphatic rings. The first kappa shape index (κ1) is 13.7. The second-order valence-corrected chi connectivity index (χ2v) is 4.98. The number of amides is 1. The molecule has 0 bridgehead atoms. The smallest absolute Gasteiger partial charge is 0.246 e. The van der Waals surface area contributed by atoms with Gasteiger partial charge in [-0.3, -0.25) is 4.79 Å². The third-order valence-corrected chi connectivity index (χ3v) is 3.12. The van der Waals surface area contributed by atoms with Crippen LogP contribution in [-0.4, -0.2) is 18.5 Å². The molecule has 0 aliphatic carbocycles. The lowest BCUT2D eigenvalue weighted by Gasteiger charge is -2.28. The van der Waals surface area contributed by atoms with Crippen molar-refractivity contribution in [1.29, 1.82) is 0 Å². The Morgan fingerprint density at radius 1 is 1.29 bits per heavy atom. The van der Waals surface area contributed by atoms with Crippen LogP contribution in [0.15, 0.2) is 18.2 Å². The van der Waals surface area contributed by atoms with E-state index in [-0.39, 0.29) is 5.91 Å². The fourth-order valence-corrected chi connectivity index (χ4v) is 1.80. The number of anilines is 1. The number of hydrogen-bond acceptors (Lipinski definition) is 2. The molecule has 0 heterocycles. The summed E-state index contributed by atoms with van der Waals surface area (Å²) in [6, 6.07) is 6.08. The van der Waals surface area contributed by atoms with Gasteiger partial charge in [-0.05, 0) is 50.5 Å². The Morgan fingerprint density at radius 2 is 1.76 bits per heavy atom. The van der Waals surface area contributed by atoms with Crippen LogP contribution < -0.4 is 10.6 Å². The van der Waals surface area contributed by atoms with Gasteiger partial charge in [0.2, 0.25) is 5.91 Å². The van der Waals surface area contributed by atoms with E-state index in [0.717, 1.165) is 16.8 Å². The summed E-state index contributed by atoms with van der Waals surface area (Å²) in [4.78, 5) is 13.9. The maximum Gasteiger partial charge on any atom is 0.246 e. The first-order valence-electron chi connectivity index (χ1n) is 5.93. The number of nitrogens with zero attached hydrogens (tertiary/aromatic N) is 1. The molecule has 3 heteroatoms. The van der Waals surface area contributed by atoms with Crippen LogP contribution in [-0.2, 0) is 4.79 Å². The average Bonchev–Trinajstić information content (AvgIpc) is 2.25. The summed E-state index contributed by atoms with van der Waals surface area (Å²) in [6.45, 7) is 7.74. The summed E-state index contributed by atoms with van der Waals surface area (Å²) in [6.07, 6.45) is 0.626. The summed E-state index contributed by atoms with van der Waals surface area (Å²) in [5, 5.41) is 0. The zero-order valence-corrected chi connectivity index (χ0v) is 11.4. The molecular weight excluding hydrogens is 212 g/mol. The highest BCUT2D eigenvalue weighted by Crippen LogP contribution is 2.20. The summed E-state index contributed by atoms with van der Waals surface area (Å²) in [5.41, 5.74) is 8.38. The highest BCUT2D eigenvalue weighted by Gasteiger charge is 2.29. The summed E-state index contributed by atoms with van der Waals surface area (Å²) < 4.78 is 0. The molecule has 94 valence electrons. The van der Waals surface area contributed by atoms with Gasteiger partial charge in [-0.1, -0.05) is 13.0 Å². The van der Waals surface area contributed by atoms with E-state index in [4.69, 9.17) is 5.73 Å². The minimum atomic E-state index is -0.799. The van der Waals surface area contributed by atoms with Gasteiger partial charge in [0.05, 0.1) is 5.54 Å². The van der Waals surface area contributed by atoms with E-state index in [1.54, 1.807) is 18.9 Å². The minimum absolute atomic E-state index is 0.0509. The minimum Gasteiger partial charge on any atom is -0.318 e. The quantitative estimate of drug-likeness (QED) is 0.873. The first-order chi connectivity index (χ1) is 7.77. The van der Waals surface area contributed by atoms with Crippen molar-refractivity contribution in [2.75, 3.05) is 11.9 Å². The summed E-state index contributed by atoms with van der Waals surface area (Å²) in [5.74, 6) is -0.0509. The van der Waals surface area contributed by atoms with Crippen molar-refractivity contribution in [3.8, 4) is 0 Å². The lowest BCUT2D eigenvalue weighted by molar-refractivity contribution is -0.122. The average molecular weight is 234 g/mol. The molecule has 0 radical (unpaired) electrons. The normalized spacial score (nSPS) is 14.2. The fourth-order valence-electron chi connectivity index (χ4n) is 1.80. The summed E-state index contributed by atoms with van der Waals surface area (Å²) >= 11 is 0. The Labute approximate surface area is 104 Å². The van der Waals surface area contributed by atoms with Crippen molar-refractivity contribution in [2.24, 2.45) is 5.73 Å². The Morgan fingerprint density at radius 3 is 2.18 bits per heavy atom. The van der Waals surface area contributed by atoms with Gasteiger partial charge in [-0.2, -0.15) is 0 Å². The Bertz CT molecular complexity index is 404. The molecule has 0 aromatic heterocycles. The number of likely N-dealkylation sites (N-methyl/N-ethyl adjacent to an activating group) is 1. The Hall–Kier alpha value is -1.35.